The standard InChI is InChI=1S/C16H20N2O3/c1-11-4-2-5-13(11)10-18-16(21)15-12(6-3-9-17-15)7-8-14(19)20/h3,6-9,11,13H,2,4-5,10H2,1H3,(H,18,21)(H,19,20)/b8-7+. The first-order valence-corrected chi connectivity index (χ1v) is 7.22. The molecule has 0 saturated heterocycles. The van der Waals surface area contributed by atoms with E-state index in [2.05, 4.69) is 17.2 Å². The maximum Gasteiger partial charge on any atom is 0.328 e. The molecule has 0 bridgehead atoms. The molecule has 1 aromatic heterocycles. The van der Waals surface area contributed by atoms with Crippen molar-refractivity contribution in [3.63, 3.8) is 0 Å². The normalized spacial score (nSPS) is 21.6. The Morgan fingerprint density at radius 2 is 2.29 bits per heavy atom. The summed E-state index contributed by atoms with van der Waals surface area (Å²) < 4.78 is 0. The summed E-state index contributed by atoms with van der Waals surface area (Å²) in [5, 5.41) is 11.6. The fraction of sp³-hybridized carbons (Fsp3) is 0.438. The van der Waals surface area contributed by atoms with Crippen molar-refractivity contribution < 1.29 is 14.7 Å². The highest BCUT2D eigenvalue weighted by Gasteiger charge is 2.24. The second kappa shape index (κ2) is 7.02. The number of amides is 1. The molecule has 1 aliphatic rings. The van der Waals surface area contributed by atoms with Gasteiger partial charge in [0.1, 0.15) is 5.69 Å². The van der Waals surface area contributed by atoms with Crippen LogP contribution in [0.2, 0.25) is 0 Å². The summed E-state index contributed by atoms with van der Waals surface area (Å²) in [6, 6.07) is 3.36. The monoisotopic (exact) mass is 288 g/mol. The van der Waals surface area contributed by atoms with Gasteiger partial charge in [0, 0.05) is 24.4 Å². The molecule has 2 unspecified atom stereocenters. The predicted octanol–water partition coefficient (Wildman–Crippen LogP) is 2.35. The highest BCUT2D eigenvalue weighted by molar-refractivity contribution is 5.97. The Morgan fingerprint density at radius 1 is 1.48 bits per heavy atom. The number of nitrogens with zero attached hydrogens (tertiary/aromatic N) is 1. The fourth-order valence-corrected chi connectivity index (χ4v) is 2.74. The molecule has 21 heavy (non-hydrogen) atoms. The van der Waals surface area contributed by atoms with Crippen LogP contribution in [0, 0.1) is 11.8 Å². The largest absolute Gasteiger partial charge is 0.478 e. The number of carbonyl (C=O) groups excluding carboxylic acids is 1. The molecule has 0 radical (unpaired) electrons. The molecule has 2 atom stereocenters. The number of carbonyl (C=O) groups is 2. The van der Waals surface area contributed by atoms with Crippen molar-refractivity contribution in [2.75, 3.05) is 6.54 Å². The minimum absolute atomic E-state index is 0.250. The van der Waals surface area contributed by atoms with Crippen LogP contribution in [-0.2, 0) is 4.79 Å². The number of aliphatic carboxylic acids is 1. The van der Waals surface area contributed by atoms with Crippen LogP contribution in [0.3, 0.4) is 0 Å². The third-order valence-corrected chi connectivity index (χ3v) is 4.02. The first kappa shape index (κ1) is 15.2. The van der Waals surface area contributed by atoms with Gasteiger partial charge in [-0.05, 0) is 30.4 Å². The number of pyridine rings is 1. The van der Waals surface area contributed by atoms with Crippen LogP contribution in [0.25, 0.3) is 6.08 Å². The van der Waals surface area contributed by atoms with Gasteiger partial charge in [0.25, 0.3) is 5.91 Å². The number of aromatic nitrogens is 1. The fourth-order valence-electron chi connectivity index (χ4n) is 2.74. The van der Waals surface area contributed by atoms with Crippen LogP contribution in [0.4, 0.5) is 0 Å². The van der Waals surface area contributed by atoms with Crippen LogP contribution in [-0.4, -0.2) is 28.5 Å². The van der Waals surface area contributed by atoms with Gasteiger partial charge < -0.3 is 10.4 Å². The van der Waals surface area contributed by atoms with E-state index < -0.39 is 5.97 Å². The number of hydrogen-bond donors (Lipinski definition) is 2. The van der Waals surface area contributed by atoms with Crippen LogP contribution in [0.5, 0.6) is 0 Å². The Bertz CT molecular complexity index is 554. The van der Waals surface area contributed by atoms with E-state index in [1.54, 1.807) is 12.1 Å². The van der Waals surface area contributed by atoms with Crippen LogP contribution in [0.15, 0.2) is 24.4 Å². The average Bonchev–Trinajstić information content (AvgIpc) is 2.88. The third kappa shape index (κ3) is 4.15. The number of carboxylic acid groups (broad SMARTS) is 1. The van der Waals surface area contributed by atoms with Crippen molar-refractivity contribution >= 4 is 18.0 Å². The quantitative estimate of drug-likeness (QED) is 0.815. The number of nitrogens with one attached hydrogen (secondary N) is 1. The summed E-state index contributed by atoms with van der Waals surface area (Å²) in [5.74, 6) is -0.138. The third-order valence-electron chi connectivity index (χ3n) is 4.02. The van der Waals surface area contributed by atoms with Crippen LogP contribution in [0.1, 0.15) is 42.2 Å². The van der Waals surface area contributed by atoms with E-state index in [0.29, 0.717) is 23.9 Å². The Labute approximate surface area is 124 Å². The predicted molar refractivity (Wildman–Crippen MR) is 79.7 cm³/mol. The smallest absolute Gasteiger partial charge is 0.328 e. The molecule has 1 saturated carbocycles. The van der Waals surface area contributed by atoms with Crippen molar-refractivity contribution in [3.8, 4) is 0 Å². The molecule has 1 amide bonds. The Kier molecular flexibility index (Phi) is 5.09. The molecule has 0 aromatic carbocycles. The lowest BCUT2D eigenvalue weighted by Gasteiger charge is -2.16. The van der Waals surface area contributed by atoms with E-state index in [-0.39, 0.29) is 11.6 Å². The molecule has 1 heterocycles. The average molecular weight is 288 g/mol. The zero-order valence-corrected chi connectivity index (χ0v) is 12.1. The van der Waals surface area contributed by atoms with Gasteiger partial charge in [0.05, 0.1) is 0 Å². The molecule has 112 valence electrons. The molecular weight excluding hydrogens is 268 g/mol. The van der Waals surface area contributed by atoms with E-state index in [1.807, 2.05) is 0 Å². The van der Waals surface area contributed by atoms with Crippen molar-refractivity contribution in [2.24, 2.45) is 11.8 Å². The van der Waals surface area contributed by atoms with Crippen LogP contribution >= 0.6 is 0 Å². The zero-order valence-electron chi connectivity index (χ0n) is 12.1. The van der Waals surface area contributed by atoms with Crippen molar-refractivity contribution in [1.82, 2.24) is 10.3 Å². The van der Waals surface area contributed by atoms with Gasteiger partial charge in [0.15, 0.2) is 0 Å². The van der Waals surface area contributed by atoms with Gasteiger partial charge in [-0.1, -0.05) is 25.8 Å². The lowest BCUT2D eigenvalue weighted by Crippen LogP contribution is -2.31. The Hall–Kier alpha value is -2.17. The second-order valence-electron chi connectivity index (χ2n) is 5.49. The molecule has 2 rings (SSSR count). The molecule has 0 aliphatic heterocycles. The Balaban J connectivity index is 2.03. The van der Waals surface area contributed by atoms with Gasteiger partial charge in [-0.2, -0.15) is 0 Å². The highest BCUT2D eigenvalue weighted by atomic mass is 16.4. The van der Waals surface area contributed by atoms with Crippen LogP contribution < -0.4 is 5.32 Å². The molecule has 1 aliphatic carbocycles. The van der Waals surface area contributed by atoms with E-state index >= 15 is 0 Å². The van der Waals surface area contributed by atoms with Gasteiger partial charge in [-0.15, -0.1) is 0 Å². The first-order chi connectivity index (χ1) is 10.1. The minimum atomic E-state index is -1.05. The second-order valence-corrected chi connectivity index (χ2v) is 5.49. The summed E-state index contributed by atoms with van der Waals surface area (Å²) >= 11 is 0. The molecular formula is C16H20N2O3. The molecule has 0 spiro atoms. The molecule has 1 fully saturated rings. The SMILES string of the molecule is CC1CCCC1CNC(=O)c1ncccc1/C=C/C(=O)O. The summed E-state index contributed by atoms with van der Waals surface area (Å²) in [7, 11) is 0. The van der Waals surface area contributed by atoms with Gasteiger partial charge in [-0.25, -0.2) is 4.79 Å². The number of carboxylic acids is 1. The molecule has 1 aromatic rings. The van der Waals surface area contributed by atoms with E-state index in [4.69, 9.17) is 5.11 Å². The van der Waals surface area contributed by atoms with E-state index in [1.165, 1.54) is 25.1 Å². The summed E-state index contributed by atoms with van der Waals surface area (Å²) in [4.78, 5) is 26.9. The molecule has 2 N–H and O–H groups in total. The summed E-state index contributed by atoms with van der Waals surface area (Å²) in [6.07, 6.45) is 7.52. The zero-order chi connectivity index (χ0) is 15.2. The lowest BCUT2D eigenvalue weighted by atomic mass is 9.98. The topological polar surface area (TPSA) is 79.3 Å². The van der Waals surface area contributed by atoms with Gasteiger partial charge in [-0.3, -0.25) is 9.78 Å². The number of rotatable bonds is 5. The van der Waals surface area contributed by atoms with Crippen molar-refractivity contribution in [2.45, 2.75) is 26.2 Å². The summed E-state index contributed by atoms with van der Waals surface area (Å²) in [6.45, 7) is 2.87. The maximum absolute atomic E-state index is 12.2. The van der Waals surface area contributed by atoms with E-state index in [0.717, 1.165) is 12.5 Å². The highest BCUT2D eigenvalue weighted by Crippen LogP contribution is 2.30. The van der Waals surface area contributed by atoms with Gasteiger partial charge >= 0.3 is 5.97 Å². The van der Waals surface area contributed by atoms with E-state index in [9.17, 15) is 9.59 Å². The molecule has 5 heteroatoms. The first-order valence-electron chi connectivity index (χ1n) is 7.22. The van der Waals surface area contributed by atoms with Crippen molar-refractivity contribution in [1.29, 1.82) is 0 Å². The minimum Gasteiger partial charge on any atom is -0.478 e. The molecule has 5 nitrogen and oxygen atoms in total. The summed E-state index contributed by atoms with van der Waals surface area (Å²) in [5.41, 5.74) is 0.775. The Morgan fingerprint density at radius 3 is 2.95 bits per heavy atom. The lowest BCUT2D eigenvalue weighted by molar-refractivity contribution is -0.131. The van der Waals surface area contributed by atoms with Gasteiger partial charge in [0.2, 0.25) is 0 Å². The van der Waals surface area contributed by atoms with Crippen molar-refractivity contribution in [3.05, 3.63) is 35.7 Å². The number of hydrogen-bond acceptors (Lipinski definition) is 3. The maximum atomic E-state index is 12.2.